The third-order valence-corrected chi connectivity index (χ3v) is 7.99. The Labute approximate surface area is 128 Å². The van der Waals surface area contributed by atoms with E-state index < -0.39 is 6.17 Å². The summed E-state index contributed by atoms with van der Waals surface area (Å²) in [5.74, 6) is 2.14. The third kappa shape index (κ3) is 1.84. The Morgan fingerprint density at radius 2 is 1.90 bits per heavy atom. The topological polar surface area (TPSA) is 20.2 Å². The Balaban J connectivity index is 1.68. The van der Waals surface area contributed by atoms with Crippen molar-refractivity contribution in [2.75, 3.05) is 0 Å². The summed E-state index contributed by atoms with van der Waals surface area (Å²) in [6.45, 7) is 4.74. The van der Waals surface area contributed by atoms with Crippen molar-refractivity contribution in [3.63, 3.8) is 0 Å². The van der Waals surface area contributed by atoms with Gasteiger partial charge < -0.3 is 5.11 Å². The van der Waals surface area contributed by atoms with E-state index in [-0.39, 0.29) is 16.9 Å². The molecule has 7 atom stereocenters. The Hall–Kier alpha value is -0.370. The van der Waals surface area contributed by atoms with Gasteiger partial charge in [-0.1, -0.05) is 25.5 Å². The van der Waals surface area contributed by atoms with Gasteiger partial charge in [-0.15, -0.1) is 0 Å². The van der Waals surface area contributed by atoms with Gasteiger partial charge in [-0.25, -0.2) is 4.39 Å². The van der Waals surface area contributed by atoms with Crippen LogP contribution in [-0.2, 0) is 0 Å². The van der Waals surface area contributed by atoms with Crippen LogP contribution in [0.15, 0.2) is 11.6 Å². The Morgan fingerprint density at radius 1 is 1.10 bits per heavy atom. The third-order valence-electron chi connectivity index (χ3n) is 7.99. The highest BCUT2D eigenvalue weighted by molar-refractivity contribution is 5.25. The number of hydrogen-bond acceptors (Lipinski definition) is 1. The molecule has 4 aliphatic carbocycles. The van der Waals surface area contributed by atoms with Gasteiger partial charge in [-0.05, 0) is 73.5 Å². The lowest BCUT2D eigenvalue weighted by molar-refractivity contribution is -0.0687. The van der Waals surface area contributed by atoms with E-state index in [0.717, 1.165) is 37.5 Å². The van der Waals surface area contributed by atoms with E-state index in [1.165, 1.54) is 24.8 Å². The first kappa shape index (κ1) is 14.2. The predicted molar refractivity (Wildman–Crippen MR) is 82.6 cm³/mol. The quantitative estimate of drug-likeness (QED) is 0.644. The number of halogens is 1. The minimum Gasteiger partial charge on any atom is -0.393 e. The van der Waals surface area contributed by atoms with Crippen LogP contribution in [-0.4, -0.2) is 17.4 Å². The van der Waals surface area contributed by atoms with Crippen LogP contribution in [0.3, 0.4) is 0 Å². The molecule has 0 saturated heterocycles. The summed E-state index contributed by atoms with van der Waals surface area (Å²) in [5, 5.41) is 10.4. The SMILES string of the molecule is C[C@]12CC[C@H](F)CC1=CCC1C2CC[C@@]2(C)C1CC[C@@H]2O. The molecule has 2 heteroatoms. The highest BCUT2D eigenvalue weighted by atomic mass is 19.1. The standard InChI is InChI=1S/C19H29FO/c1-18-9-7-13(20)11-12(18)3-4-14-15-5-6-17(21)19(15,2)10-8-16(14)18/h3,13-17,21H,4-11H2,1-2H3/t13-,14?,15?,16?,17-,18-,19-/m0/s1. The average molecular weight is 292 g/mol. The molecule has 0 spiro atoms. The van der Waals surface area contributed by atoms with Crippen molar-refractivity contribution in [2.24, 2.45) is 28.6 Å². The summed E-state index contributed by atoms with van der Waals surface area (Å²) < 4.78 is 13.8. The molecule has 4 aliphatic rings. The van der Waals surface area contributed by atoms with Gasteiger partial charge in [0.15, 0.2) is 0 Å². The van der Waals surface area contributed by atoms with Crippen LogP contribution >= 0.6 is 0 Å². The van der Waals surface area contributed by atoms with Gasteiger partial charge in [-0.2, -0.15) is 0 Å². The predicted octanol–water partition coefficient (Wildman–Crippen LogP) is 4.65. The number of alkyl halides is 1. The number of rotatable bonds is 0. The summed E-state index contributed by atoms with van der Waals surface area (Å²) in [4.78, 5) is 0. The second kappa shape index (κ2) is 4.57. The second-order valence-electron chi connectivity index (χ2n) is 8.74. The maximum Gasteiger partial charge on any atom is 0.104 e. The normalized spacial score (nSPS) is 56.2. The van der Waals surface area contributed by atoms with Crippen LogP contribution in [0.2, 0.25) is 0 Å². The highest BCUT2D eigenvalue weighted by Gasteiger charge is 2.58. The van der Waals surface area contributed by atoms with Crippen LogP contribution in [0, 0.1) is 28.6 Å². The molecule has 1 N–H and O–H groups in total. The van der Waals surface area contributed by atoms with Crippen molar-refractivity contribution in [1.82, 2.24) is 0 Å². The fourth-order valence-corrected chi connectivity index (χ4v) is 6.59. The van der Waals surface area contributed by atoms with Crippen molar-refractivity contribution in [2.45, 2.75) is 77.5 Å². The first-order valence-electron chi connectivity index (χ1n) is 8.97. The number of fused-ring (bicyclic) bond motifs is 5. The van der Waals surface area contributed by atoms with Crippen LogP contribution in [0.5, 0.6) is 0 Å². The van der Waals surface area contributed by atoms with Crippen LogP contribution in [0.25, 0.3) is 0 Å². The molecule has 0 bridgehead atoms. The molecular formula is C19H29FO. The van der Waals surface area contributed by atoms with E-state index in [1.807, 2.05) is 0 Å². The zero-order chi connectivity index (χ0) is 14.8. The first-order valence-corrected chi connectivity index (χ1v) is 8.97. The maximum absolute atomic E-state index is 13.8. The monoisotopic (exact) mass is 292 g/mol. The van der Waals surface area contributed by atoms with Gasteiger partial charge in [0, 0.05) is 6.42 Å². The zero-order valence-electron chi connectivity index (χ0n) is 13.4. The molecule has 1 nitrogen and oxygen atoms in total. The summed E-state index contributed by atoms with van der Waals surface area (Å²) in [6.07, 6.45) is 9.89. The van der Waals surface area contributed by atoms with E-state index >= 15 is 0 Å². The minimum atomic E-state index is -0.608. The minimum absolute atomic E-state index is 0.0942. The first-order chi connectivity index (χ1) is 9.95. The average Bonchev–Trinajstić information content (AvgIpc) is 2.76. The van der Waals surface area contributed by atoms with E-state index in [2.05, 4.69) is 19.9 Å². The highest BCUT2D eigenvalue weighted by Crippen LogP contribution is 2.64. The van der Waals surface area contributed by atoms with E-state index in [9.17, 15) is 9.50 Å². The fourth-order valence-electron chi connectivity index (χ4n) is 6.59. The molecule has 0 aliphatic heterocycles. The van der Waals surface area contributed by atoms with Crippen LogP contribution in [0.1, 0.15) is 65.2 Å². The van der Waals surface area contributed by atoms with Crippen LogP contribution < -0.4 is 0 Å². The summed E-state index contributed by atoms with van der Waals surface area (Å²) in [6, 6.07) is 0. The molecule has 118 valence electrons. The summed E-state index contributed by atoms with van der Waals surface area (Å²) in [5.41, 5.74) is 1.82. The Bertz CT molecular complexity index is 472. The molecule has 21 heavy (non-hydrogen) atoms. The molecule has 0 heterocycles. The van der Waals surface area contributed by atoms with Gasteiger partial charge in [0.2, 0.25) is 0 Å². The summed E-state index contributed by atoms with van der Waals surface area (Å²) in [7, 11) is 0. The largest absolute Gasteiger partial charge is 0.393 e. The smallest absolute Gasteiger partial charge is 0.104 e. The molecule has 0 aromatic heterocycles. The molecule has 0 aromatic rings. The van der Waals surface area contributed by atoms with Gasteiger partial charge in [0.05, 0.1) is 6.10 Å². The summed E-state index contributed by atoms with van der Waals surface area (Å²) >= 11 is 0. The van der Waals surface area contributed by atoms with E-state index in [1.54, 1.807) is 0 Å². The van der Waals surface area contributed by atoms with Gasteiger partial charge >= 0.3 is 0 Å². The molecule has 0 radical (unpaired) electrons. The molecular weight excluding hydrogens is 263 g/mol. The maximum atomic E-state index is 13.8. The van der Waals surface area contributed by atoms with Gasteiger partial charge in [-0.3, -0.25) is 0 Å². The molecule has 0 amide bonds. The van der Waals surface area contributed by atoms with E-state index in [0.29, 0.717) is 12.3 Å². The van der Waals surface area contributed by atoms with Crippen molar-refractivity contribution < 1.29 is 9.50 Å². The number of aliphatic hydroxyl groups excluding tert-OH is 1. The van der Waals surface area contributed by atoms with Crippen molar-refractivity contribution in [3.8, 4) is 0 Å². The molecule has 3 unspecified atom stereocenters. The molecule has 3 fully saturated rings. The Morgan fingerprint density at radius 3 is 2.71 bits per heavy atom. The van der Waals surface area contributed by atoms with E-state index in [4.69, 9.17) is 0 Å². The fraction of sp³-hybridized carbons (Fsp3) is 0.895. The molecule has 4 rings (SSSR count). The second-order valence-corrected chi connectivity index (χ2v) is 8.74. The number of aliphatic hydroxyl groups is 1. The zero-order valence-corrected chi connectivity index (χ0v) is 13.4. The lowest BCUT2D eigenvalue weighted by Crippen LogP contribution is -2.50. The van der Waals surface area contributed by atoms with Crippen molar-refractivity contribution in [1.29, 1.82) is 0 Å². The van der Waals surface area contributed by atoms with Gasteiger partial charge in [0.25, 0.3) is 0 Å². The molecule has 0 aromatic carbocycles. The lowest BCUT2D eigenvalue weighted by atomic mass is 9.48. The van der Waals surface area contributed by atoms with Gasteiger partial charge in [0.1, 0.15) is 6.17 Å². The number of hydrogen-bond donors (Lipinski definition) is 1. The lowest BCUT2D eigenvalue weighted by Gasteiger charge is -2.57. The van der Waals surface area contributed by atoms with Crippen molar-refractivity contribution >= 4 is 0 Å². The molecule has 3 saturated carbocycles. The number of allylic oxidation sites excluding steroid dienone is 2. The van der Waals surface area contributed by atoms with Crippen molar-refractivity contribution in [3.05, 3.63) is 11.6 Å². The van der Waals surface area contributed by atoms with Crippen LogP contribution in [0.4, 0.5) is 4.39 Å². The Kier molecular flexibility index (Phi) is 3.10.